The lowest BCUT2D eigenvalue weighted by atomic mass is 10.1. The number of aromatic nitrogens is 2. The molecule has 0 fully saturated rings. The Morgan fingerprint density at radius 2 is 1.91 bits per heavy atom. The van der Waals surface area contributed by atoms with Crippen molar-refractivity contribution >= 4 is 55.9 Å². The molecule has 7 nitrogen and oxygen atoms in total. The van der Waals surface area contributed by atoms with Gasteiger partial charge >= 0.3 is 0 Å². The SMILES string of the molecule is Cc1nc(SCC(=O)Nc2nc3ccc(F)cc3s2)c(C#N)cc1C(=O)Nc1ccccc1. The molecular formula is C23H16FN5O2S2. The highest BCUT2D eigenvalue weighted by Crippen LogP contribution is 2.27. The Morgan fingerprint density at radius 3 is 2.67 bits per heavy atom. The van der Waals surface area contributed by atoms with Crippen molar-refractivity contribution in [1.82, 2.24) is 9.97 Å². The highest BCUT2D eigenvalue weighted by Gasteiger charge is 2.17. The van der Waals surface area contributed by atoms with E-state index in [1.807, 2.05) is 12.1 Å². The van der Waals surface area contributed by atoms with Crippen LogP contribution in [-0.2, 0) is 4.79 Å². The number of amides is 2. The third-order valence-corrected chi connectivity index (χ3v) is 6.44. The zero-order valence-corrected chi connectivity index (χ0v) is 18.9. The number of halogens is 1. The third-order valence-electron chi connectivity index (χ3n) is 4.51. The van der Waals surface area contributed by atoms with Crippen molar-refractivity contribution in [3.05, 3.63) is 77.2 Å². The number of hydrogen-bond acceptors (Lipinski definition) is 7. The number of carbonyl (C=O) groups excluding carboxylic acids is 2. The van der Waals surface area contributed by atoms with Gasteiger partial charge in [0.25, 0.3) is 5.91 Å². The number of nitrogens with zero attached hydrogens (tertiary/aromatic N) is 3. The number of rotatable bonds is 6. The number of thiazole rings is 1. The van der Waals surface area contributed by atoms with Gasteiger partial charge in [-0.05, 0) is 43.3 Å². The second-order valence-corrected chi connectivity index (χ2v) is 8.87. The van der Waals surface area contributed by atoms with E-state index >= 15 is 0 Å². The number of nitrogens with one attached hydrogen (secondary N) is 2. The average Bonchev–Trinajstić information content (AvgIpc) is 3.19. The van der Waals surface area contributed by atoms with Crippen LogP contribution >= 0.6 is 23.1 Å². The predicted molar refractivity (Wildman–Crippen MR) is 127 cm³/mol. The summed E-state index contributed by atoms with van der Waals surface area (Å²) >= 11 is 2.26. The van der Waals surface area contributed by atoms with Crippen LogP contribution in [0.4, 0.5) is 15.2 Å². The van der Waals surface area contributed by atoms with Gasteiger partial charge < -0.3 is 10.6 Å². The molecule has 2 aromatic carbocycles. The van der Waals surface area contributed by atoms with Gasteiger partial charge in [-0.25, -0.2) is 14.4 Å². The first-order chi connectivity index (χ1) is 15.9. The lowest BCUT2D eigenvalue weighted by Crippen LogP contribution is -2.16. The van der Waals surface area contributed by atoms with Crippen LogP contribution in [0.15, 0.2) is 59.6 Å². The number of carbonyl (C=O) groups is 2. The van der Waals surface area contributed by atoms with Gasteiger partial charge in [0, 0.05) is 5.69 Å². The second-order valence-electron chi connectivity index (χ2n) is 6.87. The van der Waals surface area contributed by atoms with Gasteiger partial charge in [-0.2, -0.15) is 5.26 Å². The molecule has 0 unspecified atom stereocenters. The number of anilines is 2. The van der Waals surface area contributed by atoms with E-state index in [0.29, 0.717) is 31.8 Å². The van der Waals surface area contributed by atoms with Gasteiger partial charge in [-0.3, -0.25) is 9.59 Å². The summed E-state index contributed by atoms with van der Waals surface area (Å²) in [6, 6.07) is 16.7. The van der Waals surface area contributed by atoms with Crippen molar-refractivity contribution in [2.24, 2.45) is 0 Å². The number of para-hydroxylation sites is 1. The maximum Gasteiger partial charge on any atom is 0.257 e. The average molecular weight is 478 g/mol. The molecule has 0 saturated heterocycles. The summed E-state index contributed by atoms with van der Waals surface area (Å²) in [5, 5.41) is 15.7. The summed E-state index contributed by atoms with van der Waals surface area (Å²) in [4.78, 5) is 33.6. The van der Waals surface area contributed by atoms with Crippen LogP contribution in [0.5, 0.6) is 0 Å². The number of benzene rings is 2. The van der Waals surface area contributed by atoms with E-state index in [4.69, 9.17) is 0 Å². The maximum atomic E-state index is 13.3. The highest BCUT2D eigenvalue weighted by molar-refractivity contribution is 8.00. The van der Waals surface area contributed by atoms with Crippen LogP contribution in [0, 0.1) is 24.1 Å². The Labute approximate surface area is 196 Å². The fraction of sp³-hybridized carbons (Fsp3) is 0.0870. The summed E-state index contributed by atoms with van der Waals surface area (Å²) in [5.74, 6) is -1.09. The van der Waals surface area contributed by atoms with E-state index in [-0.39, 0.29) is 34.5 Å². The van der Waals surface area contributed by atoms with Gasteiger partial charge in [0.15, 0.2) is 5.13 Å². The molecule has 2 N–H and O–H groups in total. The standard InChI is InChI=1S/C23H16FN5O2S2/c1-13-17(21(31)27-16-5-3-2-4-6-16)9-14(11-25)22(26-13)32-12-20(30)29-23-28-18-8-7-15(24)10-19(18)33-23/h2-10H,12H2,1H3,(H,27,31)(H,28,29,30). The molecule has 2 heterocycles. The Hall–Kier alpha value is -3.81. The van der Waals surface area contributed by atoms with Gasteiger partial charge in [-0.15, -0.1) is 0 Å². The smallest absolute Gasteiger partial charge is 0.257 e. The van der Waals surface area contributed by atoms with E-state index < -0.39 is 0 Å². The largest absolute Gasteiger partial charge is 0.322 e. The summed E-state index contributed by atoms with van der Waals surface area (Å²) in [6.07, 6.45) is 0. The molecule has 0 bridgehead atoms. The zero-order chi connectivity index (χ0) is 23.4. The van der Waals surface area contributed by atoms with Crippen molar-refractivity contribution in [3.63, 3.8) is 0 Å². The molecule has 2 amide bonds. The molecule has 0 spiro atoms. The molecule has 0 radical (unpaired) electrons. The Bertz CT molecular complexity index is 1400. The summed E-state index contributed by atoms with van der Waals surface area (Å²) < 4.78 is 14.0. The molecule has 2 aromatic heterocycles. The number of hydrogen-bond donors (Lipinski definition) is 2. The Morgan fingerprint density at radius 1 is 1.12 bits per heavy atom. The Kier molecular flexibility index (Phi) is 6.63. The highest BCUT2D eigenvalue weighted by atomic mass is 32.2. The first-order valence-electron chi connectivity index (χ1n) is 9.70. The quantitative estimate of drug-likeness (QED) is 0.379. The fourth-order valence-electron chi connectivity index (χ4n) is 2.96. The number of aryl methyl sites for hydroxylation is 1. The van der Waals surface area contributed by atoms with Crippen LogP contribution in [0.25, 0.3) is 10.2 Å². The van der Waals surface area contributed by atoms with Crippen LogP contribution in [0.1, 0.15) is 21.6 Å². The van der Waals surface area contributed by atoms with Crippen LogP contribution in [-0.4, -0.2) is 27.5 Å². The minimum Gasteiger partial charge on any atom is -0.322 e. The molecule has 164 valence electrons. The minimum absolute atomic E-state index is 0.0129. The van der Waals surface area contributed by atoms with E-state index in [1.165, 1.54) is 29.5 Å². The first-order valence-corrected chi connectivity index (χ1v) is 11.5. The number of pyridine rings is 1. The molecule has 0 saturated carbocycles. The third kappa shape index (κ3) is 5.34. The molecule has 33 heavy (non-hydrogen) atoms. The van der Waals surface area contributed by atoms with Crippen LogP contribution in [0.3, 0.4) is 0 Å². The molecule has 0 aliphatic heterocycles. The normalized spacial score (nSPS) is 10.6. The minimum atomic E-state index is -0.371. The molecule has 0 aliphatic rings. The van der Waals surface area contributed by atoms with Gasteiger partial charge in [0.2, 0.25) is 5.91 Å². The van der Waals surface area contributed by atoms with E-state index in [2.05, 4.69) is 20.6 Å². The summed E-state index contributed by atoms with van der Waals surface area (Å²) in [7, 11) is 0. The lowest BCUT2D eigenvalue weighted by molar-refractivity contribution is -0.113. The number of thioether (sulfide) groups is 1. The van der Waals surface area contributed by atoms with Crippen molar-refractivity contribution in [2.45, 2.75) is 11.9 Å². The zero-order valence-electron chi connectivity index (χ0n) is 17.3. The molecule has 4 aromatic rings. The maximum absolute atomic E-state index is 13.3. The van der Waals surface area contributed by atoms with Crippen LogP contribution in [0.2, 0.25) is 0 Å². The van der Waals surface area contributed by atoms with Crippen molar-refractivity contribution in [3.8, 4) is 6.07 Å². The molecule has 4 rings (SSSR count). The Balaban J connectivity index is 1.44. The first kappa shape index (κ1) is 22.4. The van der Waals surface area contributed by atoms with E-state index in [9.17, 15) is 19.2 Å². The summed E-state index contributed by atoms with van der Waals surface area (Å²) in [5.41, 5.74) is 2.16. The molecule has 10 heteroatoms. The van der Waals surface area contributed by atoms with E-state index in [0.717, 1.165) is 11.8 Å². The van der Waals surface area contributed by atoms with Gasteiger partial charge in [0.05, 0.1) is 32.8 Å². The van der Waals surface area contributed by atoms with Gasteiger partial charge in [-0.1, -0.05) is 41.3 Å². The lowest BCUT2D eigenvalue weighted by Gasteiger charge is -2.10. The van der Waals surface area contributed by atoms with Crippen molar-refractivity contribution in [2.75, 3.05) is 16.4 Å². The fourth-order valence-corrected chi connectivity index (χ4v) is 4.67. The van der Waals surface area contributed by atoms with E-state index in [1.54, 1.807) is 37.3 Å². The topological polar surface area (TPSA) is 108 Å². The molecular weight excluding hydrogens is 461 g/mol. The second kappa shape index (κ2) is 9.77. The van der Waals surface area contributed by atoms with Crippen LogP contribution < -0.4 is 10.6 Å². The molecule has 0 atom stereocenters. The van der Waals surface area contributed by atoms with Crippen molar-refractivity contribution < 1.29 is 14.0 Å². The molecule has 0 aliphatic carbocycles. The van der Waals surface area contributed by atoms with Crippen molar-refractivity contribution in [1.29, 1.82) is 5.26 Å². The summed E-state index contributed by atoms with van der Waals surface area (Å²) in [6.45, 7) is 1.67. The van der Waals surface area contributed by atoms with Gasteiger partial charge in [0.1, 0.15) is 16.9 Å². The number of nitriles is 1. The number of fused-ring (bicyclic) bond motifs is 1. The predicted octanol–water partition coefficient (Wildman–Crippen LogP) is 4.99. The monoisotopic (exact) mass is 477 g/mol.